The lowest BCUT2D eigenvalue weighted by atomic mass is 9.94. The minimum Gasteiger partial charge on any atom is -0.342 e. The lowest BCUT2D eigenvalue weighted by Gasteiger charge is -2.39. The Bertz CT molecular complexity index is 386. The number of nitrogens with one attached hydrogen (secondary N) is 1. The highest BCUT2D eigenvalue weighted by Crippen LogP contribution is 2.22. The van der Waals surface area contributed by atoms with E-state index in [0.29, 0.717) is 6.54 Å². The Morgan fingerprint density at radius 2 is 2.10 bits per heavy atom. The number of rotatable bonds is 3. The molecule has 2 saturated heterocycles. The predicted octanol–water partition coefficient (Wildman–Crippen LogP) is 1.09. The fourth-order valence-electron chi connectivity index (χ4n) is 3.27. The van der Waals surface area contributed by atoms with Gasteiger partial charge in [0.05, 0.1) is 5.92 Å². The van der Waals surface area contributed by atoms with E-state index in [9.17, 15) is 9.59 Å². The first kappa shape index (κ1) is 16.3. The van der Waals surface area contributed by atoms with Crippen molar-refractivity contribution in [2.45, 2.75) is 46.1 Å². The smallest absolute Gasteiger partial charge is 0.227 e. The molecule has 21 heavy (non-hydrogen) atoms. The van der Waals surface area contributed by atoms with Crippen LogP contribution in [-0.4, -0.2) is 60.4 Å². The Kier molecular flexibility index (Phi) is 5.62. The number of amides is 2. The molecule has 5 heteroatoms. The van der Waals surface area contributed by atoms with Crippen molar-refractivity contribution in [1.82, 2.24) is 15.1 Å². The summed E-state index contributed by atoms with van der Waals surface area (Å²) in [6, 6.07) is 0.256. The van der Waals surface area contributed by atoms with Crippen LogP contribution in [0.4, 0.5) is 0 Å². The molecule has 2 aliphatic rings. The summed E-state index contributed by atoms with van der Waals surface area (Å²) in [5.74, 6) is 0.512. The molecule has 0 aromatic carbocycles. The van der Waals surface area contributed by atoms with Gasteiger partial charge in [-0.05, 0) is 26.2 Å². The van der Waals surface area contributed by atoms with Crippen LogP contribution in [0.2, 0.25) is 0 Å². The third-order valence-corrected chi connectivity index (χ3v) is 4.90. The Labute approximate surface area is 128 Å². The maximum atomic E-state index is 12.7. The summed E-state index contributed by atoms with van der Waals surface area (Å²) in [5, 5.41) is 3.31. The van der Waals surface area contributed by atoms with Crippen molar-refractivity contribution in [2.75, 3.05) is 32.7 Å². The van der Waals surface area contributed by atoms with Crippen molar-refractivity contribution in [3.8, 4) is 0 Å². The molecule has 0 aromatic rings. The molecular formula is C16H29N3O2. The quantitative estimate of drug-likeness (QED) is 0.848. The fraction of sp³-hybridized carbons (Fsp3) is 0.875. The number of hydrogen-bond donors (Lipinski definition) is 1. The first-order chi connectivity index (χ1) is 10.0. The van der Waals surface area contributed by atoms with Gasteiger partial charge in [-0.15, -0.1) is 0 Å². The monoisotopic (exact) mass is 295 g/mol. The van der Waals surface area contributed by atoms with Crippen molar-refractivity contribution in [3.63, 3.8) is 0 Å². The van der Waals surface area contributed by atoms with E-state index in [-0.39, 0.29) is 29.7 Å². The van der Waals surface area contributed by atoms with E-state index in [1.807, 2.05) is 23.6 Å². The van der Waals surface area contributed by atoms with Gasteiger partial charge in [-0.2, -0.15) is 0 Å². The lowest BCUT2D eigenvalue weighted by Crippen LogP contribution is -2.56. The zero-order valence-corrected chi connectivity index (χ0v) is 13.6. The third kappa shape index (κ3) is 3.76. The van der Waals surface area contributed by atoms with Crippen LogP contribution >= 0.6 is 0 Å². The van der Waals surface area contributed by atoms with E-state index in [4.69, 9.17) is 0 Å². The van der Waals surface area contributed by atoms with Crippen LogP contribution in [0.15, 0.2) is 0 Å². The molecule has 0 spiro atoms. The SMILES string of the molecule is CCC(C)C(=O)N1CCCC(C(=O)N2CCNC[C@H]2C)C1. The summed E-state index contributed by atoms with van der Waals surface area (Å²) in [6.07, 6.45) is 2.72. The molecule has 0 saturated carbocycles. The van der Waals surface area contributed by atoms with Gasteiger partial charge in [-0.25, -0.2) is 0 Å². The first-order valence-corrected chi connectivity index (χ1v) is 8.34. The molecule has 2 rings (SSSR count). The van der Waals surface area contributed by atoms with E-state index in [0.717, 1.165) is 45.4 Å². The Morgan fingerprint density at radius 3 is 2.76 bits per heavy atom. The minimum absolute atomic E-state index is 0.00712. The average molecular weight is 295 g/mol. The number of hydrogen-bond acceptors (Lipinski definition) is 3. The molecule has 0 aliphatic carbocycles. The highest BCUT2D eigenvalue weighted by atomic mass is 16.2. The zero-order chi connectivity index (χ0) is 15.4. The molecule has 0 bridgehead atoms. The molecule has 0 aromatic heterocycles. The number of carbonyl (C=O) groups is 2. The molecule has 1 N–H and O–H groups in total. The highest BCUT2D eigenvalue weighted by Gasteiger charge is 2.34. The molecule has 2 unspecified atom stereocenters. The molecule has 2 fully saturated rings. The zero-order valence-electron chi connectivity index (χ0n) is 13.6. The van der Waals surface area contributed by atoms with Crippen LogP contribution in [0.25, 0.3) is 0 Å². The van der Waals surface area contributed by atoms with Gasteiger partial charge in [0.1, 0.15) is 0 Å². The fourth-order valence-corrected chi connectivity index (χ4v) is 3.27. The van der Waals surface area contributed by atoms with Crippen LogP contribution in [0, 0.1) is 11.8 Å². The second-order valence-corrected chi connectivity index (χ2v) is 6.52. The van der Waals surface area contributed by atoms with Gasteiger partial charge in [-0.3, -0.25) is 9.59 Å². The van der Waals surface area contributed by atoms with Crippen LogP contribution < -0.4 is 5.32 Å². The van der Waals surface area contributed by atoms with E-state index in [1.165, 1.54) is 0 Å². The van der Waals surface area contributed by atoms with Crippen LogP contribution in [0.3, 0.4) is 0 Å². The topological polar surface area (TPSA) is 52.7 Å². The largest absolute Gasteiger partial charge is 0.342 e. The molecule has 2 amide bonds. The summed E-state index contributed by atoms with van der Waals surface area (Å²) < 4.78 is 0. The minimum atomic E-state index is -0.00712. The van der Waals surface area contributed by atoms with Crippen LogP contribution in [-0.2, 0) is 9.59 Å². The van der Waals surface area contributed by atoms with E-state index in [2.05, 4.69) is 12.2 Å². The number of piperidine rings is 1. The summed E-state index contributed by atoms with van der Waals surface area (Å²) >= 11 is 0. The van der Waals surface area contributed by atoms with Crippen molar-refractivity contribution in [3.05, 3.63) is 0 Å². The highest BCUT2D eigenvalue weighted by molar-refractivity contribution is 5.82. The molecule has 2 aliphatic heterocycles. The average Bonchev–Trinajstić information content (AvgIpc) is 2.53. The van der Waals surface area contributed by atoms with Gasteiger partial charge in [-0.1, -0.05) is 13.8 Å². The molecule has 3 atom stereocenters. The molecular weight excluding hydrogens is 266 g/mol. The molecule has 120 valence electrons. The molecule has 2 heterocycles. The maximum Gasteiger partial charge on any atom is 0.227 e. The van der Waals surface area contributed by atoms with Gasteiger partial charge in [0.2, 0.25) is 11.8 Å². The number of nitrogens with zero attached hydrogens (tertiary/aromatic N) is 2. The molecule has 5 nitrogen and oxygen atoms in total. The van der Waals surface area contributed by atoms with Gasteiger partial charge in [0.15, 0.2) is 0 Å². The van der Waals surface area contributed by atoms with E-state index in [1.54, 1.807) is 0 Å². The van der Waals surface area contributed by atoms with Crippen molar-refractivity contribution >= 4 is 11.8 Å². The number of carbonyl (C=O) groups excluding carboxylic acids is 2. The summed E-state index contributed by atoms with van der Waals surface area (Å²) in [6.45, 7) is 10.1. The maximum absolute atomic E-state index is 12.7. The number of piperazine rings is 1. The summed E-state index contributed by atoms with van der Waals surface area (Å²) in [7, 11) is 0. The van der Waals surface area contributed by atoms with Gasteiger partial charge < -0.3 is 15.1 Å². The van der Waals surface area contributed by atoms with Gasteiger partial charge in [0, 0.05) is 44.7 Å². The summed E-state index contributed by atoms with van der Waals surface area (Å²) in [4.78, 5) is 29.0. The third-order valence-electron chi connectivity index (χ3n) is 4.90. The molecule has 0 radical (unpaired) electrons. The van der Waals surface area contributed by atoms with E-state index >= 15 is 0 Å². The Hall–Kier alpha value is -1.10. The Morgan fingerprint density at radius 1 is 1.33 bits per heavy atom. The normalized spacial score (nSPS) is 28.3. The second-order valence-electron chi connectivity index (χ2n) is 6.52. The van der Waals surface area contributed by atoms with Crippen LogP contribution in [0.5, 0.6) is 0 Å². The predicted molar refractivity (Wildman–Crippen MR) is 82.8 cm³/mol. The first-order valence-electron chi connectivity index (χ1n) is 8.34. The second kappa shape index (κ2) is 7.25. The van der Waals surface area contributed by atoms with Gasteiger partial charge in [0.25, 0.3) is 0 Å². The van der Waals surface area contributed by atoms with E-state index < -0.39 is 0 Å². The van der Waals surface area contributed by atoms with Crippen molar-refractivity contribution in [2.24, 2.45) is 11.8 Å². The van der Waals surface area contributed by atoms with Gasteiger partial charge >= 0.3 is 0 Å². The van der Waals surface area contributed by atoms with Crippen molar-refractivity contribution in [1.29, 1.82) is 0 Å². The lowest BCUT2D eigenvalue weighted by molar-refractivity contribution is -0.144. The standard InChI is InChI=1S/C16H29N3O2/c1-4-12(2)15(20)18-8-5-6-14(11-18)16(21)19-9-7-17-10-13(19)3/h12-14,17H,4-11H2,1-3H3/t12?,13-,14?/m1/s1. The van der Waals surface area contributed by atoms with Crippen LogP contribution in [0.1, 0.15) is 40.0 Å². The Balaban J connectivity index is 1.97. The summed E-state index contributed by atoms with van der Waals surface area (Å²) in [5.41, 5.74) is 0. The van der Waals surface area contributed by atoms with Crippen molar-refractivity contribution < 1.29 is 9.59 Å². The number of likely N-dealkylation sites (tertiary alicyclic amines) is 1.